The van der Waals surface area contributed by atoms with Crippen LogP contribution in [0.25, 0.3) is 0 Å². The molecule has 0 aliphatic carbocycles. The highest BCUT2D eigenvalue weighted by molar-refractivity contribution is 4.96. The van der Waals surface area contributed by atoms with Crippen LogP contribution in [0, 0.1) is 5.41 Å². The van der Waals surface area contributed by atoms with Gasteiger partial charge in [0.1, 0.15) is 0 Å². The van der Waals surface area contributed by atoms with Gasteiger partial charge in [-0.15, -0.1) is 0 Å². The van der Waals surface area contributed by atoms with Crippen LogP contribution in [-0.4, -0.2) is 16.7 Å². The van der Waals surface area contributed by atoms with E-state index in [1.165, 1.54) is 0 Å². The van der Waals surface area contributed by atoms with E-state index in [2.05, 4.69) is 36.3 Å². The van der Waals surface area contributed by atoms with Crippen molar-refractivity contribution in [1.29, 1.82) is 0 Å². The molecule has 0 fully saturated rings. The van der Waals surface area contributed by atoms with Gasteiger partial charge >= 0.3 is 0 Å². The third-order valence-corrected chi connectivity index (χ3v) is 1.53. The van der Waals surface area contributed by atoms with E-state index in [0.717, 1.165) is 18.8 Å². The number of rotatable bonds is 3. The maximum absolute atomic E-state index is 3.87. The van der Waals surface area contributed by atoms with E-state index in [9.17, 15) is 0 Å². The monoisotopic (exact) mass is 167 g/mol. The zero-order valence-corrected chi connectivity index (χ0v) is 8.02. The smallest absolute Gasteiger partial charge is 0.0490 e. The van der Waals surface area contributed by atoms with Crippen molar-refractivity contribution in [1.82, 2.24) is 15.5 Å². The standard InChI is InChI=1S/C9H17N3/c1-9(2,3)7-10-6-8-4-5-11-12-8/h4-5,10H,6-7H2,1-3H3,(H,11,12). The molecule has 3 heteroatoms. The van der Waals surface area contributed by atoms with Crippen LogP contribution in [0.15, 0.2) is 12.3 Å². The van der Waals surface area contributed by atoms with Crippen molar-refractivity contribution in [3.63, 3.8) is 0 Å². The van der Waals surface area contributed by atoms with Gasteiger partial charge in [0.25, 0.3) is 0 Å². The third-order valence-electron chi connectivity index (χ3n) is 1.53. The molecule has 0 aliphatic heterocycles. The molecule has 1 rings (SSSR count). The van der Waals surface area contributed by atoms with Gasteiger partial charge in [-0.1, -0.05) is 20.8 Å². The first kappa shape index (κ1) is 9.26. The van der Waals surface area contributed by atoms with E-state index in [0.29, 0.717) is 5.41 Å². The Hall–Kier alpha value is -0.830. The van der Waals surface area contributed by atoms with Gasteiger partial charge < -0.3 is 5.32 Å². The zero-order valence-electron chi connectivity index (χ0n) is 8.02. The molecule has 1 heterocycles. The summed E-state index contributed by atoms with van der Waals surface area (Å²) in [7, 11) is 0. The third kappa shape index (κ3) is 3.53. The highest BCUT2D eigenvalue weighted by Crippen LogP contribution is 2.10. The normalized spacial score (nSPS) is 11.9. The number of nitrogens with zero attached hydrogens (tertiary/aromatic N) is 1. The summed E-state index contributed by atoms with van der Waals surface area (Å²) >= 11 is 0. The quantitative estimate of drug-likeness (QED) is 0.717. The minimum atomic E-state index is 0.347. The second-order valence-corrected chi connectivity index (χ2v) is 4.25. The molecule has 3 nitrogen and oxygen atoms in total. The Bertz CT molecular complexity index is 208. The predicted molar refractivity (Wildman–Crippen MR) is 49.7 cm³/mol. The van der Waals surface area contributed by atoms with Gasteiger partial charge in [-0.05, 0) is 11.5 Å². The first-order valence-corrected chi connectivity index (χ1v) is 4.27. The molecule has 1 aromatic rings. The van der Waals surface area contributed by atoms with E-state index in [1.54, 1.807) is 6.20 Å². The summed E-state index contributed by atoms with van der Waals surface area (Å²) in [5.74, 6) is 0. The van der Waals surface area contributed by atoms with Crippen molar-refractivity contribution < 1.29 is 0 Å². The molecule has 68 valence electrons. The van der Waals surface area contributed by atoms with Crippen LogP contribution < -0.4 is 5.32 Å². The van der Waals surface area contributed by atoms with Gasteiger partial charge in [-0.25, -0.2) is 0 Å². The van der Waals surface area contributed by atoms with Gasteiger partial charge in [0, 0.05) is 25.0 Å². The Balaban J connectivity index is 2.20. The van der Waals surface area contributed by atoms with Crippen molar-refractivity contribution >= 4 is 0 Å². The Morgan fingerprint density at radius 1 is 1.50 bits per heavy atom. The Morgan fingerprint density at radius 3 is 2.75 bits per heavy atom. The van der Waals surface area contributed by atoms with Crippen molar-refractivity contribution in [2.45, 2.75) is 27.3 Å². The topological polar surface area (TPSA) is 40.7 Å². The van der Waals surface area contributed by atoms with Crippen molar-refractivity contribution in [3.05, 3.63) is 18.0 Å². The van der Waals surface area contributed by atoms with Crippen molar-refractivity contribution in [2.24, 2.45) is 5.41 Å². The minimum Gasteiger partial charge on any atom is -0.311 e. The molecule has 1 aromatic heterocycles. The summed E-state index contributed by atoms with van der Waals surface area (Å²) in [5.41, 5.74) is 1.49. The van der Waals surface area contributed by atoms with E-state index >= 15 is 0 Å². The molecule has 12 heavy (non-hydrogen) atoms. The van der Waals surface area contributed by atoms with Crippen LogP contribution in [0.2, 0.25) is 0 Å². The Kier molecular flexibility index (Phi) is 2.87. The fourth-order valence-corrected chi connectivity index (χ4v) is 0.955. The molecule has 0 bridgehead atoms. The minimum absolute atomic E-state index is 0.347. The number of hydrogen-bond donors (Lipinski definition) is 2. The van der Waals surface area contributed by atoms with Crippen molar-refractivity contribution in [3.8, 4) is 0 Å². The number of nitrogens with one attached hydrogen (secondary N) is 2. The maximum Gasteiger partial charge on any atom is 0.0490 e. The molecular weight excluding hydrogens is 150 g/mol. The van der Waals surface area contributed by atoms with Gasteiger partial charge in [0.05, 0.1) is 0 Å². The fraction of sp³-hybridized carbons (Fsp3) is 0.667. The van der Waals surface area contributed by atoms with Crippen LogP contribution in [-0.2, 0) is 6.54 Å². The number of aromatic nitrogens is 2. The molecule has 2 N–H and O–H groups in total. The maximum atomic E-state index is 3.87. The second-order valence-electron chi connectivity index (χ2n) is 4.25. The Morgan fingerprint density at radius 2 is 2.25 bits per heavy atom. The first-order chi connectivity index (χ1) is 5.58. The SMILES string of the molecule is CC(C)(C)CNCc1ccn[nH]1. The van der Waals surface area contributed by atoms with Crippen LogP contribution in [0.5, 0.6) is 0 Å². The second kappa shape index (κ2) is 3.72. The number of aromatic amines is 1. The first-order valence-electron chi connectivity index (χ1n) is 4.27. The van der Waals surface area contributed by atoms with Gasteiger partial charge in [-0.2, -0.15) is 5.10 Å². The summed E-state index contributed by atoms with van der Waals surface area (Å²) in [4.78, 5) is 0. The highest BCUT2D eigenvalue weighted by Gasteiger charge is 2.08. The summed E-state index contributed by atoms with van der Waals surface area (Å²) in [6, 6.07) is 1.98. The van der Waals surface area contributed by atoms with E-state index < -0.39 is 0 Å². The highest BCUT2D eigenvalue weighted by atomic mass is 15.1. The lowest BCUT2D eigenvalue weighted by atomic mass is 9.97. The average molecular weight is 167 g/mol. The van der Waals surface area contributed by atoms with Crippen LogP contribution in [0.4, 0.5) is 0 Å². The lowest BCUT2D eigenvalue weighted by Gasteiger charge is -2.18. The fourth-order valence-electron chi connectivity index (χ4n) is 0.955. The Labute approximate surface area is 73.6 Å². The molecule has 0 radical (unpaired) electrons. The lowest BCUT2D eigenvalue weighted by Crippen LogP contribution is -2.26. The summed E-state index contributed by atoms with van der Waals surface area (Å²) in [5, 5.41) is 10.1. The lowest BCUT2D eigenvalue weighted by molar-refractivity contribution is 0.378. The van der Waals surface area contributed by atoms with E-state index in [4.69, 9.17) is 0 Å². The van der Waals surface area contributed by atoms with Gasteiger partial charge in [0.2, 0.25) is 0 Å². The largest absolute Gasteiger partial charge is 0.311 e. The molecule has 0 amide bonds. The van der Waals surface area contributed by atoms with E-state index in [1.807, 2.05) is 6.07 Å². The summed E-state index contributed by atoms with van der Waals surface area (Å²) < 4.78 is 0. The van der Waals surface area contributed by atoms with Crippen LogP contribution >= 0.6 is 0 Å². The summed E-state index contributed by atoms with van der Waals surface area (Å²) in [6.07, 6.45) is 1.77. The van der Waals surface area contributed by atoms with Crippen molar-refractivity contribution in [2.75, 3.05) is 6.54 Å². The summed E-state index contributed by atoms with van der Waals surface area (Å²) in [6.45, 7) is 8.54. The molecular formula is C9H17N3. The van der Waals surface area contributed by atoms with Gasteiger partial charge in [-0.3, -0.25) is 5.10 Å². The molecule has 0 saturated heterocycles. The number of hydrogen-bond acceptors (Lipinski definition) is 2. The average Bonchev–Trinajstić information content (AvgIpc) is 2.36. The number of H-pyrrole nitrogens is 1. The van der Waals surface area contributed by atoms with Crippen LogP contribution in [0.3, 0.4) is 0 Å². The van der Waals surface area contributed by atoms with Gasteiger partial charge in [0.15, 0.2) is 0 Å². The van der Waals surface area contributed by atoms with E-state index in [-0.39, 0.29) is 0 Å². The molecule has 0 saturated carbocycles. The molecule has 0 unspecified atom stereocenters. The molecule has 0 aromatic carbocycles. The molecule has 0 atom stereocenters. The molecule has 0 spiro atoms. The predicted octanol–water partition coefficient (Wildman–Crippen LogP) is 1.55. The molecule has 0 aliphatic rings. The van der Waals surface area contributed by atoms with Crippen LogP contribution in [0.1, 0.15) is 26.5 Å². The zero-order chi connectivity index (χ0) is 9.03.